The van der Waals surface area contributed by atoms with Crippen LogP contribution in [0.3, 0.4) is 0 Å². The molecule has 168 valence electrons. The predicted octanol–water partition coefficient (Wildman–Crippen LogP) is 6.54. The quantitative estimate of drug-likeness (QED) is 0.327. The van der Waals surface area contributed by atoms with Crippen LogP contribution in [-0.4, -0.2) is 18.0 Å². The molecule has 1 aromatic heterocycles. The number of benzene rings is 3. The zero-order valence-electron chi connectivity index (χ0n) is 19.1. The maximum absolute atomic E-state index is 13.5. The first-order chi connectivity index (χ1) is 16.0. The van der Waals surface area contributed by atoms with Gasteiger partial charge in [-0.2, -0.15) is 0 Å². The van der Waals surface area contributed by atoms with Crippen molar-refractivity contribution in [3.63, 3.8) is 0 Å². The highest BCUT2D eigenvalue weighted by Crippen LogP contribution is 2.41. The number of ether oxygens (including phenoxy) is 1. The first kappa shape index (κ1) is 22.7. The van der Waals surface area contributed by atoms with Gasteiger partial charge in [-0.3, -0.25) is 4.79 Å². The first-order valence-electron chi connectivity index (χ1n) is 11.0. The molecule has 1 heterocycles. The van der Waals surface area contributed by atoms with Gasteiger partial charge >= 0.3 is 0 Å². The average Bonchev–Trinajstić information content (AvgIpc) is 3.27. The topological polar surface area (TPSA) is 51.2 Å². The maximum Gasteiger partial charge on any atom is 0.232 e. The van der Waals surface area contributed by atoms with Crippen molar-refractivity contribution in [2.45, 2.75) is 26.2 Å². The molecule has 1 N–H and O–H groups in total. The lowest BCUT2D eigenvalue weighted by atomic mass is 9.70. The zero-order valence-corrected chi connectivity index (χ0v) is 19.9. The highest BCUT2D eigenvalue weighted by atomic mass is 32.1. The second-order valence-corrected chi connectivity index (χ2v) is 9.46. The molecule has 0 aliphatic carbocycles. The van der Waals surface area contributed by atoms with Crippen LogP contribution in [0.1, 0.15) is 42.1 Å². The van der Waals surface area contributed by atoms with E-state index in [1.807, 2.05) is 79.9 Å². The van der Waals surface area contributed by atoms with Gasteiger partial charge in [0.25, 0.3) is 0 Å². The maximum atomic E-state index is 13.5. The summed E-state index contributed by atoms with van der Waals surface area (Å²) >= 11 is 1.46. The number of hydrogen-bond acceptors (Lipinski definition) is 4. The number of carbonyl (C=O) groups excluding carboxylic acids is 1. The molecule has 4 rings (SSSR count). The van der Waals surface area contributed by atoms with Crippen molar-refractivity contribution in [2.24, 2.45) is 5.41 Å². The van der Waals surface area contributed by atoms with Gasteiger partial charge in [0.15, 0.2) is 5.13 Å². The molecule has 0 unspecified atom stereocenters. The van der Waals surface area contributed by atoms with Gasteiger partial charge in [-0.1, -0.05) is 86.6 Å². The zero-order chi connectivity index (χ0) is 23.3. The molecule has 0 atom stereocenters. The van der Waals surface area contributed by atoms with Crippen molar-refractivity contribution in [1.29, 1.82) is 0 Å². The summed E-state index contributed by atoms with van der Waals surface area (Å²) in [6, 6.07) is 28.4. The van der Waals surface area contributed by atoms with Crippen molar-refractivity contribution >= 4 is 22.4 Å². The molecule has 33 heavy (non-hydrogen) atoms. The third-order valence-electron chi connectivity index (χ3n) is 5.89. The minimum atomic E-state index is -0.690. The largest absolute Gasteiger partial charge is 0.497 e. The number of amides is 1. The molecule has 0 spiro atoms. The van der Waals surface area contributed by atoms with Crippen LogP contribution in [0.4, 0.5) is 5.13 Å². The second-order valence-electron chi connectivity index (χ2n) is 8.60. The lowest BCUT2D eigenvalue weighted by Crippen LogP contribution is -2.37. The molecule has 0 saturated carbocycles. The lowest BCUT2D eigenvalue weighted by Gasteiger charge is -2.33. The fraction of sp³-hybridized carbons (Fsp3) is 0.214. The number of methoxy groups -OCH3 is 1. The van der Waals surface area contributed by atoms with E-state index in [0.717, 1.165) is 28.1 Å². The number of anilines is 1. The van der Waals surface area contributed by atoms with Crippen LogP contribution >= 0.6 is 11.3 Å². The molecule has 1 amide bonds. The summed E-state index contributed by atoms with van der Waals surface area (Å²) in [6.07, 6.45) is 0.705. The second kappa shape index (κ2) is 10.0. The molecule has 0 saturated heterocycles. The van der Waals surface area contributed by atoms with Crippen molar-refractivity contribution in [1.82, 2.24) is 4.98 Å². The average molecular weight is 457 g/mol. The fourth-order valence-electron chi connectivity index (χ4n) is 4.10. The summed E-state index contributed by atoms with van der Waals surface area (Å²) in [7, 11) is 1.66. The van der Waals surface area contributed by atoms with Crippen LogP contribution in [0.5, 0.6) is 5.75 Å². The van der Waals surface area contributed by atoms with Crippen LogP contribution < -0.4 is 10.1 Å². The third kappa shape index (κ3) is 5.32. The highest BCUT2D eigenvalue weighted by molar-refractivity contribution is 7.13. The van der Waals surface area contributed by atoms with E-state index in [4.69, 9.17) is 4.74 Å². The van der Waals surface area contributed by atoms with E-state index < -0.39 is 5.41 Å². The van der Waals surface area contributed by atoms with Crippen molar-refractivity contribution in [3.05, 3.63) is 113 Å². The number of carbonyl (C=O) groups is 1. The third-order valence-corrected chi connectivity index (χ3v) is 6.70. The van der Waals surface area contributed by atoms with Crippen LogP contribution in [0.25, 0.3) is 0 Å². The summed E-state index contributed by atoms with van der Waals surface area (Å²) in [5.74, 6) is 0.697. The van der Waals surface area contributed by atoms with Crippen LogP contribution in [0.2, 0.25) is 0 Å². The summed E-state index contributed by atoms with van der Waals surface area (Å²) in [6.45, 7) is 4.00. The Bertz CT molecular complexity index is 1150. The Hall–Kier alpha value is -3.44. The number of thiazole rings is 1. The van der Waals surface area contributed by atoms with E-state index >= 15 is 0 Å². The molecular weight excluding hydrogens is 428 g/mol. The Balaban J connectivity index is 1.52. The Morgan fingerprint density at radius 1 is 0.939 bits per heavy atom. The fourth-order valence-corrected chi connectivity index (χ4v) is 4.81. The first-order valence-corrected chi connectivity index (χ1v) is 11.8. The smallest absolute Gasteiger partial charge is 0.232 e. The van der Waals surface area contributed by atoms with Gasteiger partial charge < -0.3 is 10.1 Å². The minimum absolute atomic E-state index is 0.0504. The Labute approximate surface area is 199 Å². The molecule has 4 nitrogen and oxygen atoms in total. The van der Waals surface area contributed by atoms with Crippen LogP contribution in [0.15, 0.2) is 90.3 Å². The van der Waals surface area contributed by atoms with Crippen molar-refractivity contribution < 1.29 is 9.53 Å². The molecule has 0 radical (unpaired) electrons. The summed E-state index contributed by atoms with van der Waals surface area (Å²) in [4.78, 5) is 18.2. The summed E-state index contributed by atoms with van der Waals surface area (Å²) < 4.78 is 5.22. The van der Waals surface area contributed by atoms with E-state index in [1.54, 1.807) is 7.11 Å². The molecule has 4 aromatic rings. The summed E-state index contributed by atoms with van der Waals surface area (Å²) in [5, 5.41) is 5.70. The van der Waals surface area contributed by atoms with Gasteiger partial charge in [0.1, 0.15) is 5.75 Å². The monoisotopic (exact) mass is 456 g/mol. The van der Waals surface area contributed by atoms with Gasteiger partial charge in [-0.25, -0.2) is 4.98 Å². The molecule has 0 aliphatic rings. The van der Waals surface area contributed by atoms with Gasteiger partial charge in [0, 0.05) is 17.7 Å². The molecule has 5 heteroatoms. The van der Waals surface area contributed by atoms with Gasteiger partial charge in [-0.05, 0) is 28.8 Å². The van der Waals surface area contributed by atoms with Crippen LogP contribution in [0, 0.1) is 5.41 Å². The normalized spacial score (nSPS) is 11.4. The number of nitrogens with one attached hydrogen (secondary N) is 1. The van der Waals surface area contributed by atoms with Crippen molar-refractivity contribution in [2.75, 3.05) is 12.4 Å². The van der Waals surface area contributed by atoms with Gasteiger partial charge in [-0.15, -0.1) is 11.3 Å². The van der Waals surface area contributed by atoms with E-state index in [2.05, 4.69) is 34.6 Å². The standard InChI is InChI=1S/C28H28N2O2S/c1-28(2,25(21-10-6-4-7-11-21)22-12-8-5-9-13-22)26(31)30-27-29-23(19-33-27)18-20-14-16-24(32-3)17-15-20/h4-17,19,25H,18H2,1-3H3,(H,29,30,31). The predicted molar refractivity (Wildman–Crippen MR) is 135 cm³/mol. The number of aromatic nitrogens is 1. The minimum Gasteiger partial charge on any atom is -0.497 e. The van der Waals surface area contributed by atoms with E-state index in [-0.39, 0.29) is 11.8 Å². The molecular formula is C28H28N2O2S. The van der Waals surface area contributed by atoms with E-state index in [9.17, 15) is 4.79 Å². The Morgan fingerprint density at radius 3 is 2.06 bits per heavy atom. The number of hydrogen-bond donors (Lipinski definition) is 1. The number of rotatable bonds is 8. The SMILES string of the molecule is COc1ccc(Cc2csc(NC(=O)C(C)(C)C(c3ccccc3)c3ccccc3)n2)cc1. The number of nitrogens with zero attached hydrogens (tertiary/aromatic N) is 1. The van der Waals surface area contributed by atoms with Gasteiger partial charge in [0.2, 0.25) is 5.91 Å². The van der Waals surface area contributed by atoms with E-state index in [1.165, 1.54) is 11.3 Å². The molecule has 0 aliphatic heterocycles. The lowest BCUT2D eigenvalue weighted by molar-refractivity contribution is -0.124. The molecule has 0 fully saturated rings. The molecule has 0 bridgehead atoms. The van der Waals surface area contributed by atoms with E-state index in [0.29, 0.717) is 11.6 Å². The van der Waals surface area contributed by atoms with Crippen molar-refractivity contribution in [3.8, 4) is 5.75 Å². The van der Waals surface area contributed by atoms with Crippen LogP contribution in [-0.2, 0) is 11.2 Å². The molecule has 3 aromatic carbocycles. The highest BCUT2D eigenvalue weighted by Gasteiger charge is 2.39. The Kier molecular flexibility index (Phi) is 6.90. The Morgan fingerprint density at radius 2 is 1.52 bits per heavy atom. The van der Waals surface area contributed by atoms with Gasteiger partial charge in [0.05, 0.1) is 18.2 Å². The summed E-state index contributed by atoms with van der Waals surface area (Å²) in [5.41, 5.74) is 3.62.